The van der Waals surface area contributed by atoms with E-state index in [0.717, 1.165) is 21.3 Å². The molecule has 0 atom stereocenters. The molecule has 3 rings (SSSR count). The Morgan fingerprint density at radius 3 is 2.55 bits per heavy atom. The molecule has 5 nitrogen and oxygen atoms in total. The van der Waals surface area contributed by atoms with E-state index >= 15 is 0 Å². The number of methoxy groups -OCH3 is 1. The van der Waals surface area contributed by atoms with Crippen LogP contribution in [0.2, 0.25) is 0 Å². The Morgan fingerprint density at radius 1 is 1.17 bits per heavy atom. The van der Waals surface area contributed by atoms with Crippen molar-refractivity contribution in [1.82, 2.24) is 4.90 Å². The number of nitrogens with zero attached hydrogens (tertiary/aromatic N) is 1. The number of thioether (sulfide) groups is 1. The molecule has 1 aliphatic heterocycles. The van der Waals surface area contributed by atoms with Gasteiger partial charge in [-0.05, 0) is 58.3 Å². The molecule has 0 saturated carbocycles. The summed E-state index contributed by atoms with van der Waals surface area (Å²) in [4.78, 5) is 14.2. The highest BCUT2D eigenvalue weighted by atomic mass is 79.9. The third kappa shape index (κ3) is 5.12. The van der Waals surface area contributed by atoms with Crippen molar-refractivity contribution >= 4 is 56.2 Å². The summed E-state index contributed by atoms with van der Waals surface area (Å²) in [7, 11) is 3.25. The number of likely N-dealkylation sites (N-methyl/N-ethyl adjacent to an activating group) is 1. The van der Waals surface area contributed by atoms with Crippen LogP contribution in [0.25, 0.3) is 6.08 Å². The van der Waals surface area contributed by atoms with E-state index in [2.05, 4.69) is 15.9 Å². The summed E-state index contributed by atoms with van der Waals surface area (Å²) >= 11 is 9.98. The minimum absolute atomic E-state index is 0.108. The lowest BCUT2D eigenvalue weighted by Gasteiger charge is -2.14. The predicted molar refractivity (Wildman–Crippen MR) is 124 cm³/mol. The molecular formula is C21H20BrNO4S2. The zero-order chi connectivity index (χ0) is 21.0. The molecular weight excluding hydrogens is 474 g/mol. The molecule has 0 aromatic heterocycles. The van der Waals surface area contributed by atoms with E-state index in [9.17, 15) is 4.79 Å². The van der Waals surface area contributed by atoms with Crippen LogP contribution in [-0.2, 0) is 4.79 Å². The zero-order valence-electron chi connectivity index (χ0n) is 16.2. The highest BCUT2D eigenvalue weighted by molar-refractivity contribution is 9.10. The van der Waals surface area contributed by atoms with Crippen LogP contribution in [0.15, 0.2) is 45.8 Å². The Balaban J connectivity index is 1.69. The van der Waals surface area contributed by atoms with Crippen molar-refractivity contribution in [3.63, 3.8) is 0 Å². The van der Waals surface area contributed by atoms with Crippen molar-refractivity contribution in [2.45, 2.75) is 6.92 Å². The minimum Gasteiger partial charge on any atom is -0.493 e. The van der Waals surface area contributed by atoms with Gasteiger partial charge in [-0.1, -0.05) is 42.2 Å². The highest BCUT2D eigenvalue weighted by Gasteiger charge is 2.28. The van der Waals surface area contributed by atoms with E-state index in [-0.39, 0.29) is 5.91 Å². The van der Waals surface area contributed by atoms with Gasteiger partial charge in [0.05, 0.1) is 16.5 Å². The van der Waals surface area contributed by atoms with E-state index in [1.807, 2.05) is 43.3 Å². The molecule has 1 saturated heterocycles. The summed E-state index contributed by atoms with van der Waals surface area (Å²) in [5.41, 5.74) is 1.89. The smallest absolute Gasteiger partial charge is 0.265 e. The lowest BCUT2D eigenvalue weighted by Crippen LogP contribution is -2.22. The number of benzene rings is 2. The number of hydrogen-bond acceptors (Lipinski definition) is 6. The van der Waals surface area contributed by atoms with Crippen molar-refractivity contribution in [1.29, 1.82) is 0 Å². The summed E-state index contributed by atoms with van der Waals surface area (Å²) in [5.74, 6) is 1.88. The van der Waals surface area contributed by atoms with Gasteiger partial charge in [0, 0.05) is 7.05 Å². The van der Waals surface area contributed by atoms with Crippen LogP contribution >= 0.6 is 39.9 Å². The van der Waals surface area contributed by atoms with Crippen LogP contribution in [0.3, 0.4) is 0 Å². The number of aryl methyl sites for hydroxylation is 1. The van der Waals surface area contributed by atoms with Crippen LogP contribution in [0.4, 0.5) is 0 Å². The number of carbonyl (C=O) groups is 1. The lowest BCUT2D eigenvalue weighted by atomic mass is 10.2. The lowest BCUT2D eigenvalue weighted by molar-refractivity contribution is -0.121. The molecule has 1 fully saturated rings. The average molecular weight is 494 g/mol. The molecule has 0 bridgehead atoms. The molecule has 2 aromatic carbocycles. The van der Waals surface area contributed by atoms with Gasteiger partial charge in [-0.2, -0.15) is 0 Å². The summed E-state index contributed by atoms with van der Waals surface area (Å²) in [6.07, 6.45) is 1.79. The van der Waals surface area contributed by atoms with Gasteiger partial charge in [0.2, 0.25) is 0 Å². The van der Waals surface area contributed by atoms with Gasteiger partial charge in [0.1, 0.15) is 23.3 Å². The van der Waals surface area contributed by atoms with Gasteiger partial charge >= 0.3 is 0 Å². The Morgan fingerprint density at radius 2 is 1.90 bits per heavy atom. The maximum Gasteiger partial charge on any atom is 0.265 e. The SMILES string of the molecule is COc1cc(C=C2SC(=S)N(C)C2=O)cc(Br)c1OCCOc1ccccc1C. The molecule has 2 aromatic rings. The topological polar surface area (TPSA) is 48.0 Å². The maximum absolute atomic E-state index is 12.2. The van der Waals surface area contributed by atoms with E-state index in [1.165, 1.54) is 16.7 Å². The molecule has 1 amide bonds. The van der Waals surface area contributed by atoms with Crippen molar-refractivity contribution in [3.8, 4) is 17.2 Å². The Bertz CT molecular complexity index is 977. The second-order valence-electron chi connectivity index (χ2n) is 6.24. The fourth-order valence-corrected chi connectivity index (χ4v) is 4.43. The summed E-state index contributed by atoms with van der Waals surface area (Å²) in [5, 5.41) is 0. The van der Waals surface area contributed by atoms with Crippen molar-refractivity contribution in [3.05, 3.63) is 56.9 Å². The highest BCUT2D eigenvalue weighted by Crippen LogP contribution is 2.39. The van der Waals surface area contributed by atoms with Crippen LogP contribution < -0.4 is 14.2 Å². The number of para-hydroxylation sites is 1. The third-order valence-corrected chi connectivity index (χ3v) is 6.29. The first-order chi connectivity index (χ1) is 13.9. The standard InChI is InChI=1S/C21H20BrNO4S2/c1-13-6-4-5-7-16(13)26-8-9-27-19-15(22)10-14(11-17(19)25-3)12-18-20(24)23(2)21(28)29-18/h4-7,10-12H,8-9H2,1-3H3. The molecule has 0 unspecified atom stereocenters. The van der Waals surface area contributed by atoms with E-state index in [4.69, 9.17) is 26.4 Å². The average Bonchev–Trinajstić information content (AvgIpc) is 2.94. The van der Waals surface area contributed by atoms with E-state index in [1.54, 1.807) is 20.2 Å². The van der Waals surface area contributed by atoms with Gasteiger partial charge in [0.15, 0.2) is 11.5 Å². The van der Waals surface area contributed by atoms with Gasteiger partial charge in [-0.3, -0.25) is 9.69 Å². The monoisotopic (exact) mass is 493 g/mol. The number of halogens is 1. The normalized spacial score (nSPS) is 15.2. The Labute approximate surface area is 188 Å². The maximum atomic E-state index is 12.2. The summed E-state index contributed by atoms with van der Waals surface area (Å²) in [6, 6.07) is 11.5. The quantitative estimate of drug-likeness (QED) is 0.305. The molecule has 0 radical (unpaired) electrons. The molecule has 152 valence electrons. The molecule has 0 spiro atoms. The Kier molecular flexibility index (Phi) is 7.21. The first-order valence-corrected chi connectivity index (χ1v) is 10.8. The molecule has 1 heterocycles. The zero-order valence-corrected chi connectivity index (χ0v) is 19.4. The van der Waals surface area contributed by atoms with Crippen molar-refractivity contribution in [2.75, 3.05) is 27.4 Å². The predicted octanol–water partition coefficient (Wildman–Crippen LogP) is 5.05. The van der Waals surface area contributed by atoms with Crippen LogP contribution in [0, 0.1) is 6.92 Å². The van der Waals surface area contributed by atoms with Crippen LogP contribution in [0.5, 0.6) is 17.2 Å². The second kappa shape index (κ2) is 9.65. The van der Waals surface area contributed by atoms with E-state index < -0.39 is 0 Å². The molecule has 0 aliphatic carbocycles. The number of hydrogen-bond donors (Lipinski definition) is 0. The van der Waals surface area contributed by atoms with Gasteiger partial charge in [-0.25, -0.2) is 0 Å². The number of rotatable bonds is 7. The first kappa shape index (κ1) is 21.7. The fraction of sp³-hybridized carbons (Fsp3) is 0.238. The molecule has 8 heteroatoms. The fourth-order valence-electron chi connectivity index (χ4n) is 2.67. The third-order valence-electron chi connectivity index (χ3n) is 4.22. The van der Waals surface area contributed by atoms with Gasteiger partial charge < -0.3 is 14.2 Å². The largest absolute Gasteiger partial charge is 0.493 e. The van der Waals surface area contributed by atoms with Crippen LogP contribution in [-0.4, -0.2) is 42.5 Å². The number of thiocarbonyl (C=S) groups is 1. The van der Waals surface area contributed by atoms with Gasteiger partial charge in [-0.15, -0.1) is 0 Å². The number of carbonyl (C=O) groups excluding carboxylic acids is 1. The van der Waals surface area contributed by atoms with Gasteiger partial charge in [0.25, 0.3) is 5.91 Å². The van der Waals surface area contributed by atoms with E-state index in [0.29, 0.717) is 33.9 Å². The second-order valence-corrected chi connectivity index (χ2v) is 8.77. The first-order valence-electron chi connectivity index (χ1n) is 8.81. The molecule has 29 heavy (non-hydrogen) atoms. The molecule has 0 N–H and O–H groups in total. The number of amides is 1. The Hall–Kier alpha value is -2.03. The summed E-state index contributed by atoms with van der Waals surface area (Å²) < 4.78 is 18.4. The van der Waals surface area contributed by atoms with Crippen molar-refractivity contribution < 1.29 is 19.0 Å². The number of ether oxygens (including phenoxy) is 3. The van der Waals surface area contributed by atoms with Crippen molar-refractivity contribution in [2.24, 2.45) is 0 Å². The van der Waals surface area contributed by atoms with Crippen LogP contribution in [0.1, 0.15) is 11.1 Å². The minimum atomic E-state index is -0.108. The summed E-state index contributed by atoms with van der Waals surface area (Å²) in [6.45, 7) is 2.76. The molecule has 1 aliphatic rings.